The van der Waals surface area contributed by atoms with Crippen LogP contribution in [0.4, 0.5) is 0 Å². The number of halogens is 3. The summed E-state index contributed by atoms with van der Waals surface area (Å²) in [4.78, 5) is 0. The van der Waals surface area contributed by atoms with Crippen LogP contribution in [-0.2, 0) is 0 Å². The topological polar surface area (TPSA) is 24.8 Å². The van der Waals surface area contributed by atoms with Gasteiger partial charge in [-0.25, -0.2) is 0 Å². The van der Waals surface area contributed by atoms with Crippen molar-refractivity contribution in [1.82, 2.24) is 5.01 Å². The molecule has 0 amide bonds. The zero-order valence-corrected chi connectivity index (χ0v) is 16.8. The predicted molar refractivity (Wildman–Crippen MR) is 106 cm³/mol. The Hall–Kier alpha value is -1.23. The lowest BCUT2D eigenvalue weighted by atomic mass is 9.96. The first-order valence-electron chi connectivity index (χ1n) is 8.34. The highest BCUT2D eigenvalue weighted by Crippen LogP contribution is 2.47. The molecule has 0 saturated carbocycles. The highest BCUT2D eigenvalue weighted by Gasteiger charge is 2.40. The van der Waals surface area contributed by atoms with Gasteiger partial charge in [0.05, 0.1) is 16.8 Å². The van der Waals surface area contributed by atoms with Crippen molar-refractivity contribution in [2.75, 3.05) is 0 Å². The van der Waals surface area contributed by atoms with Gasteiger partial charge in [-0.1, -0.05) is 64.6 Å². The first-order chi connectivity index (χ1) is 12.1. The predicted octanol–water partition coefficient (Wildman–Crippen LogP) is 6.43. The lowest BCUT2D eigenvalue weighted by molar-refractivity contribution is -0.0222. The van der Waals surface area contributed by atoms with Gasteiger partial charge < -0.3 is 4.74 Å². The van der Waals surface area contributed by atoms with Gasteiger partial charge in [-0.2, -0.15) is 5.10 Å². The number of rotatable bonds is 3. The van der Waals surface area contributed by atoms with Crippen LogP contribution in [0.3, 0.4) is 0 Å². The highest BCUT2D eigenvalue weighted by molar-refractivity contribution is 9.10. The maximum absolute atomic E-state index is 6.40. The molecule has 2 aliphatic rings. The summed E-state index contributed by atoms with van der Waals surface area (Å²) < 4.78 is 7.26. The fraction of sp³-hybridized carbons (Fsp3) is 0.316. The van der Waals surface area contributed by atoms with Gasteiger partial charge in [0, 0.05) is 27.9 Å². The molecule has 0 spiro atoms. The zero-order valence-electron chi connectivity index (χ0n) is 13.7. The molecule has 3 nitrogen and oxygen atoms in total. The summed E-state index contributed by atoms with van der Waals surface area (Å²) in [7, 11) is 0. The van der Waals surface area contributed by atoms with Crippen molar-refractivity contribution in [1.29, 1.82) is 0 Å². The van der Waals surface area contributed by atoms with Crippen LogP contribution in [0.5, 0.6) is 5.75 Å². The van der Waals surface area contributed by atoms with Crippen molar-refractivity contribution in [3.8, 4) is 5.75 Å². The SMILES string of the molecule is CCCC1Oc2c(Cl)cc(Cl)cc2C2CC(c3ccc(Br)cc3)=NN12. The number of ether oxygens (including phenoxy) is 1. The average Bonchev–Trinajstić information content (AvgIpc) is 3.02. The summed E-state index contributed by atoms with van der Waals surface area (Å²) in [5, 5.41) is 8.16. The van der Waals surface area contributed by atoms with E-state index in [0.717, 1.165) is 46.3 Å². The molecule has 130 valence electrons. The van der Waals surface area contributed by atoms with E-state index in [1.54, 1.807) is 6.07 Å². The van der Waals surface area contributed by atoms with E-state index in [1.165, 1.54) is 0 Å². The van der Waals surface area contributed by atoms with Gasteiger partial charge in [0.15, 0.2) is 6.23 Å². The Morgan fingerprint density at radius 3 is 2.72 bits per heavy atom. The third kappa shape index (κ3) is 3.16. The molecule has 4 rings (SSSR count). The molecule has 2 aromatic rings. The highest BCUT2D eigenvalue weighted by atomic mass is 79.9. The van der Waals surface area contributed by atoms with E-state index < -0.39 is 0 Å². The van der Waals surface area contributed by atoms with Crippen LogP contribution in [0.25, 0.3) is 0 Å². The van der Waals surface area contributed by atoms with Crippen LogP contribution in [0.15, 0.2) is 46.0 Å². The summed E-state index contributed by atoms with van der Waals surface area (Å²) in [6.07, 6.45) is 2.62. The fourth-order valence-corrected chi connectivity index (χ4v) is 4.26. The molecule has 6 heteroatoms. The van der Waals surface area contributed by atoms with E-state index >= 15 is 0 Å². The number of nitrogens with zero attached hydrogens (tertiary/aromatic N) is 2. The van der Waals surface area contributed by atoms with E-state index in [2.05, 4.69) is 40.0 Å². The maximum atomic E-state index is 6.40. The van der Waals surface area contributed by atoms with Crippen molar-refractivity contribution < 1.29 is 4.74 Å². The van der Waals surface area contributed by atoms with Crippen LogP contribution in [-0.4, -0.2) is 16.9 Å². The molecule has 2 atom stereocenters. The molecule has 0 bridgehead atoms. The van der Waals surface area contributed by atoms with Crippen molar-refractivity contribution in [3.63, 3.8) is 0 Å². The Morgan fingerprint density at radius 2 is 2.00 bits per heavy atom. The summed E-state index contributed by atoms with van der Waals surface area (Å²) in [6.45, 7) is 2.15. The standard InChI is InChI=1S/C19H17BrCl2N2O/c1-2-3-18-24-17(14-8-13(21)9-15(22)19(14)25-18)10-16(23-24)11-4-6-12(20)7-5-11/h4-9,17-18H,2-3,10H2,1H3. The Kier molecular flexibility index (Phi) is 4.69. The van der Waals surface area contributed by atoms with E-state index in [9.17, 15) is 0 Å². The van der Waals surface area contributed by atoms with E-state index in [1.807, 2.05) is 18.2 Å². The quantitative estimate of drug-likeness (QED) is 0.550. The third-order valence-electron chi connectivity index (χ3n) is 4.60. The first-order valence-corrected chi connectivity index (χ1v) is 9.89. The number of hydrazone groups is 1. The number of benzene rings is 2. The van der Waals surface area contributed by atoms with Gasteiger partial charge in [-0.05, 0) is 29.8 Å². The molecule has 2 heterocycles. The Labute approximate surface area is 165 Å². The second-order valence-electron chi connectivity index (χ2n) is 6.32. The Morgan fingerprint density at radius 1 is 1.24 bits per heavy atom. The Balaban J connectivity index is 1.75. The van der Waals surface area contributed by atoms with Gasteiger partial charge in [0.25, 0.3) is 0 Å². The molecular weight excluding hydrogens is 423 g/mol. The van der Waals surface area contributed by atoms with Crippen molar-refractivity contribution in [2.24, 2.45) is 5.10 Å². The fourth-order valence-electron chi connectivity index (χ4n) is 3.44. The number of fused-ring (bicyclic) bond motifs is 3. The minimum atomic E-state index is -0.103. The summed E-state index contributed by atoms with van der Waals surface area (Å²) >= 11 is 16.1. The lowest BCUT2D eigenvalue weighted by Gasteiger charge is -2.38. The molecule has 2 unspecified atom stereocenters. The van der Waals surface area contributed by atoms with E-state index in [0.29, 0.717) is 10.0 Å². The van der Waals surface area contributed by atoms with Crippen molar-refractivity contribution in [3.05, 3.63) is 62.0 Å². The van der Waals surface area contributed by atoms with Crippen LogP contribution < -0.4 is 4.74 Å². The van der Waals surface area contributed by atoms with Crippen LogP contribution in [0.2, 0.25) is 10.0 Å². The molecule has 0 radical (unpaired) electrons. The second-order valence-corrected chi connectivity index (χ2v) is 8.08. The molecular formula is C19H17BrCl2N2O. The monoisotopic (exact) mass is 438 g/mol. The third-order valence-corrected chi connectivity index (χ3v) is 5.63. The minimum Gasteiger partial charge on any atom is -0.467 e. The summed E-state index contributed by atoms with van der Waals surface area (Å²) in [5.41, 5.74) is 3.20. The van der Waals surface area contributed by atoms with Gasteiger partial charge in [0.1, 0.15) is 5.75 Å². The zero-order chi connectivity index (χ0) is 17.6. The molecule has 0 fully saturated rings. The molecule has 2 aromatic carbocycles. The van der Waals surface area contributed by atoms with Crippen LogP contribution in [0.1, 0.15) is 43.4 Å². The normalized spacial score (nSPS) is 21.4. The molecule has 25 heavy (non-hydrogen) atoms. The largest absolute Gasteiger partial charge is 0.467 e. The first kappa shape index (κ1) is 17.2. The molecule has 2 aliphatic heterocycles. The van der Waals surface area contributed by atoms with Gasteiger partial charge in [-0.15, -0.1) is 0 Å². The lowest BCUT2D eigenvalue weighted by Crippen LogP contribution is -2.40. The van der Waals surface area contributed by atoms with Crippen molar-refractivity contribution in [2.45, 2.75) is 38.5 Å². The Bertz CT molecular complexity index is 838. The molecule has 0 aliphatic carbocycles. The van der Waals surface area contributed by atoms with E-state index in [-0.39, 0.29) is 12.3 Å². The summed E-state index contributed by atoms with van der Waals surface area (Å²) in [5.74, 6) is 0.748. The second kappa shape index (κ2) is 6.82. The average molecular weight is 440 g/mol. The van der Waals surface area contributed by atoms with Gasteiger partial charge >= 0.3 is 0 Å². The number of hydrogen-bond acceptors (Lipinski definition) is 3. The minimum absolute atomic E-state index is 0.103. The van der Waals surface area contributed by atoms with E-state index in [4.69, 9.17) is 33.0 Å². The van der Waals surface area contributed by atoms with Gasteiger partial charge in [0.2, 0.25) is 0 Å². The van der Waals surface area contributed by atoms with Crippen LogP contribution >= 0.6 is 39.1 Å². The smallest absolute Gasteiger partial charge is 0.187 e. The maximum Gasteiger partial charge on any atom is 0.187 e. The van der Waals surface area contributed by atoms with Gasteiger partial charge in [-0.3, -0.25) is 5.01 Å². The van der Waals surface area contributed by atoms with Crippen LogP contribution in [0, 0.1) is 0 Å². The number of hydrogen-bond donors (Lipinski definition) is 0. The summed E-state index contributed by atoms with van der Waals surface area (Å²) in [6, 6.07) is 12.0. The van der Waals surface area contributed by atoms with Crippen molar-refractivity contribution >= 4 is 44.8 Å². The molecule has 0 saturated heterocycles. The molecule has 0 N–H and O–H groups in total. The molecule has 0 aromatic heterocycles.